The molecule has 0 bridgehead atoms. The van der Waals surface area contributed by atoms with Gasteiger partial charge in [-0.15, -0.1) is 0 Å². The van der Waals surface area contributed by atoms with E-state index < -0.39 is 29.0 Å². The van der Waals surface area contributed by atoms with Crippen molar-refractivity contribution < 1.29 is 34.1 Å². The number of Topliss-reactive ketones (excluding diaryl/α,β-unsaturated/α-hetero) is 2. The molecule has 9 heteroatoms. The Morgan fingerprint density at radius 3 is 2.59 bits per heavy atom. The summed E-state index contributed by atoms with van der Waals surface area (Å²) < 4.78 is 5.02. The van der Waals surface area contributed by atoms with Crippen molar-refractivity contribution in [3.05, 3.63) is 0 Å². The van der Waals surface area contributed by atoms with Crippen LogP contribution in [0.3, 0.4) is 0 Å². The number of ether oxygens (including phenoxy) is 1. The van der Waals surface area contributed by atoms with Crippen LogP contribution < -0.4 is 5.32 Å². The van der Waals surface area contributed by atoms with Crippen LogP contribution in [0.2, 0.25) is 0 Å². The highest BCUT2D eigenvalue weighted by Crippen LogP contribution is 2.21. The summed E-state index contributed by atoms with van der Waals surface area (Å²) in [5.41, 5.74) is -0.944. The van der Waals surface area contributed by atoms with Crippen LogP contribution in [0.1, 0.15) is 39.5 Å². The lowest BCUT2D eigenvalue weighted by Crippen LogP contribution is -2.43. The zero-order valence-electron chi connectivity index (χ0n) is 16.0. The lowest BCUT2D eigenvalue weighted by molar-refractivity contribution is -0.142. The maximum absolute atomic E-state index is 11.9. The number of aliphatic hydroxyl groups excluding tert-OH is 2. The highest BCUT2D eigenvalue weighted by atomic mass is 16.5. The van der Waals surface area contributed by atoms with E-state index in [0.29, 0.717) is 26.1 Å². The van der Waals surface area contributed by atoms with Gasteiger partial charge in [0.2, 0.25) is 11.7 Å². The van der Waals surface area contributed by atoms with Crippen LogP contribution in [0.25, 0.3) is 0 Å². The van der Waals surface area contributed by atoms with Crippen molar-refractivity contribution in [2.45, 2.75) is 45.6 Å². The molecule has 1 atom stereocenters. The summed E-state index contributed by atoms with van der Waals surface area (Å²) in [4.78, 5) is 48.6. The molecule has 0 radical (unpaired) electrons. The van der Waals surface area contributed by atoms with Crippen molar-refractivity contribution in [3.63, 3.8) is 0 Å². The largest absolute Gasteiger partial charge is 0.396 e. The molecule has 1 rings (SSSR count). The van der Waals surface area contributed by atoms with Gasteiger partial charge in [0.15, 0.2) is 5.78 Å². The molecule has 2 amide bonds. The predicted molar refractivity (Wildman–Crippen MR) is 95.8 cm³/mol. The third-order valence-corrected chi connectivity index (χ3v) is 4.51. The van der Waals surface area contributed by atoms with E-state index in [9.17, 15) is 24.3 Å². The normalized spacial score (nSPS) is 16.1. The Labute approximate surface area is 159 Å². The first kappa shape index (κ1) is 23.2. The number of amides is 2. The second-order valence-electron chi connectivity index (χ2n) is 7.34. The van der Waals surface area contributed by atoms with Crippen LogP contribution in [0, 0.1) is 5.41 Å². The molecule has 3 N–H and O–H groups in total. The predicted octanol–water partition coefficient (Wildman–Crippen LogP) is -0.961. The fraction of sp³-hybridized carbons (Fsp3) is 0.778. The van der Waals surface area contributed by atoms with Crippen molar-refractivity contribution in [3.8, 4) is 0 Å². The zero-order chi connectivity index (χ0) is 20.4. The van der Waals surface area contributed by atoms with Gasteiger partial charge >= 0.3 is 0 Å². The average Bonchev–Trinajstić information content (AvgIpc) is 2.65. The first-order valence-corrected chi connectivity index (χ1v) is 9.17. The van der Waals surface area contributed by atoms with Gasteiger partial charge in [-0.1, -0.05) is 13.8 Å². The molecule has 1 fully saturated rings. The Morgan fingerprint density at radius 1 is 1.26 bits per heavy atom. The summed E-state index contributed by atoms with van der Waals surface area (Å²) in [6.07, 6.45) is -0.749. The summed E-state index contributed by atoms with van der Waals surface area (Å²) in [7, 11) is 0. The maximum Gasteiger partial charge on any atom is 0.287 e. The number of morpholine rings is 1. The number of carbonyl (C=O) groups excluding carboxylic acids is 4. The molecule has 0 unspecified atom stereocenters. The minimum atomic E-state index is -1.31. The van der Waals surface area contributed by atoms with Gasteiger partial charge in [-0.3, -0.25) is 19.2 Å². The van der Waals surface area contributed by atoms with Gasteiger partial charge in [0.05, 0.1) is 13.2 Å². The number of nitrogens with one attached hydrogen (secondary N) is 1. The van der Waals surface area contributed by atoms with Gasteiger partial charge in [0.1, 0.15) is 12.7 Å². The second kappa shape index (κ2) is 11.1. The van der Waals surface area contributed by atoms with Crippen molar-refractivity contribution in [1.29, 1.82) is 0 Å². The molecule has 0 aliphatic carbocycles. The average molecular weight is 386 g/mol. The van der Waals surface area contributed by atoms with Crippen LogP contribution in [-0.2, 0) is 23.9 Å². The SMILES string of the molecule is CC(C)(CO)[C@@H](O)C(=O)CCCC(=O)C(=O)NCCCN1CCOCC1=O. The van der Waals surface area contributed by atoms with Gasteiger partial charge in [-0.2, -0.15) is 0 Å². The minimum Gasteiger partial charge on any atom is -0.396 e. The first-order chi connectivity index (χ1) is 12.7. The topological polar surface area (TPSA) is 133 Å². The molecule has 1 saturated heterocycles. The number of hydrogen-bond donors (Lipinski definition) is 3. The second-order valence-corrected chi connectivity index (χ2v) is 7.34. The third-order valence-electron chi connectivity index (χ3n) is 4.51. The van der Waals surface area contributed by atoms with Crippen LogP contribution in [0.4, 0.5) is 0 Å². The molecule has 1 aliphatic heterocycles. The molecule has 0 aromatic carbocycles. The van der Waals surface area contributed by atoms with Gasteiger partial charge in [-0.05, 0) is 12.8 Å². The smallest absolute Gasteiger partial charge is 0.287 e. The fourth-order valence-corrected chi connectivity index (χ4v) is 2.55. The molecular formula is C18H30N2O7. The van der Waals surface area contributed by atoms with E-state index in [1.807, 2.05) is 0 Å². The van der Waals surface area contributed by atoms with Crippen molar-refractivity contribution >= 4 is 23.4 Å². The van der Waals surface area contributed by atoms with Crippen LogP contribution in [-0.4, -0.2) is 84.1 Å². The summed E-state index contributed by atoms with van der Waals surface area (Å²) in [6.45, 7) is 4.67. The number of hydrogen-bond acceptors (Lipinski definition) is 7. The van der Waals surface area contributed by atoms with Crippen molar-refractivity contribution in [2.75, 3.05) is 39.5 Å². The summed E-state index contributed by atoms with van der Waals surface area (Å²) in [5, 5.41) is 21.5. The highest BCUT2D eigenvalue weighted by molar-refractivity contribution is 6.36. The monoisotopic (exact) mass is 386 g/mol. The van der Waals surface area contributed by atoms with Gasteiger partial charge in [-0.25, -0.2) is 0 Å². The van der Waals surface area contributed by atoms with E-state index in [-0.39, 0.29) is 44.9 Å². The van der Waals surface area contributed by atoms with Gasteiger partial charge in [0, 0.05) is 37.9 Å². The standard InChI is InChI=1S/C18H30N2O7/c1-18(2,12-21)16(25)13(22)5-3-6-14(23)17(26)19-7-4-8-20-9-10-27-11-15(20)24/h16,21,25H,3-12H2,1-2H3,(H,19,26)/t16-/m0/s1. The number of aliphatic hydroxyl groups is 2. The van der Waals surface area contributed by atoms with E-state index in [2.05, 4.69) is 5.32 Å². The van der Waals surface area contributed by atoms with Gasteiger partial charge < -0.3 is 25.2 Å². The quantitative estimate of drug-likeness (QED) is 0.291. The van der Waals surface area contributed by atoms with E-state index in [4.69, 9.17) is 9.84 Å². The molecule has 0 aromatic rings. The fourth-order valence-electron chi connectivity index (χ4n) is 2.55. The van der Waals surface area contributed by atoms with E-state index >= 15 is 0 Å². The van der Waals surface area contributed by atoms with Crippen LogP contribution in [0.5, 0.6) is 0 Å². The van der Waals surface area contributed by atoms with Crippen LogP contribution >= 0.6 is 0 Å². The van der Waals surface area contributed by atoms with E-state index in [0.717, 1.165) is 0 Å². The van der Waals surface area contributed by atoms with Gasteiger partial charge in [0.25, 0.3) is 5.91 Å². The highest BCUT2D eigenvalue weighted by Gasteiger charge is 2.32. The minimum absolute atomic E-state index is 0.0389. The Bertz CT molecular complexity index is 548. The molecular weight excluding hydrogens is 356 g/mol. The Morgan fingerprint density at radius 2 is 1.96 bits per heavy atom. The summed E-state index contributed by atoms with van der Waals surface area (Å²) in [5.74, 6) is -1.88. The Hall–Kier alpha value is -1.84. The molecule has 0 spiro atoms. The molecule has 154 valence electrons. The van der Waals surface area contributed by atoms with E-state index in [1.54, 1.807) is 18.7 Å². The lowest BCUT2D eigenvalue weighted by Gasteiger charge is -2.27. The Balaban J connectivity index is 2.20. The summed E-state index contributed by atoms with van der Waals surface area (Å²) in [6, 6.07) is 0. The third kappa shape index (κ3) is 7.74. The lowest BCUT2D eigenvalue weighted by atomic mass is 9.84. The molecule has 1 aliphatic rings. The van der Waals surface area contributed by atoms with Crippen molar-refractivity contribution in [2.24, 2.45) is 5.41 Å². The molecule has 27 heavy (non-hydrogen) atoms. The number of ketones is 2. The van der Waals surface area contributed by atoms with Crippen molar-refractivity contribution in [1.82, 2.24) is 10.2 Å². The molecule has 0 saturated carbocycles. The Kier molecular flexibility index (Phi) is 9.54. The number of carbonyl (C=O) groups is 4. The maximum atomic E-state index is 11.9. The summed E-state index contributed by atoms with van der Waals surface area (Å²) >= 11 is 0. The molecule has 9 nitrogen and oxygen atoms in total. The van der Waals surface area contributed by atoms with E-state index in [1.165, 1.54) is 0 Å². The molecule has 1 heterocycles. The van der Waals surface area contributed by atoms with Crippen LogP contribution in [0.15, 0.2) is 0 Å². The number of rotatable bonds is 12. The zero-order valence-corrected chi connectivity index (χ0v) is 16.0. The molecule has 0 aromatic heterocycles. The number of nitrogens with zero attached hydrogens (tertiary/aromatic N) is 1. The first-order valence-electron chi connectivity index (χ1n) is 9.17.